The van der Waals surface area contributed by atoms with E-state index in [9.17, 15) is 13.2 Å². The number of aliphatic hydroxyl groups is 1. The maximum Gasteiger partial charge on any atom is 0.415 e. The summed E-state index contributed by atoms with van der Waals surface area (Å²) < 4.78 is 35.5. The van der Waals surface area contributed by atoms with Gasteiger partial charge in [0.2, 0.25) is 0 Å². The second-order valence-electron chi connectivity index (χ2n) is 2.54. The van der Waals surface area contributed by atoms with Crippen LogP contribution in [-0.4, -0.2) is 41.9 Å². The van der Waals surface area contributed by atoms with Crippen LogP contribution >= 0.6 is 0 Å². The lowest BCUT2D eigenvalue weighted by molar-refractivity contribution is -0.207. The third-order valence-electron chi connectivity index (χ3n) is 1.40. The second kappa shape index (κ2) is 5.43. The molecule has 0 saturated carbocycles. The van der Waals surface area contributed by atoms with Gasteiger partial charge < -0.3 is 5.11 Å². The maximum absolute atomic E-state index is 11.8. The lowest BCUT2D eigenvalue weighted by atomic mass is 10.3. The van der Waals surface area contributed by atoms with Gasteiger partial charge in [-0.2, -0.15) is 23.7 Å². The van der Waals surface area contributed by atoms with Gasteiger partial charge in [0.15, 0.2) is 6.10 Å². The average molecular weight is 207 g/mol. The van der Waals surface area contributed by atoms with Gasteiger partial charge in [-0.3, -0.25) is 4.90 Å². The van der Waals surface area contributed by atoms with Crippen molar-refractivity contribution in [2.45, 2.75) is 12.3 Å². The maximum atomic E-state index is 11.8. The van der Waals surface area contributed by atoms with E-state index in [0.717, 1.165) is 4.90 Å². The van der Waals surface area contributed by atoms with E-state index in [1.807, 2.05) is 0 Å². The summed E-state index contributed by atoms with van der Waals surface area (Å²) in [6, 6.07) is 3.21. The first-order valence-corrected chi connectivity index (χ1v) is 3.63. The van der Waals surface area contributed by atoms with E-state index in [0.29, 0.717) is 0 Å². The molecular weight excluding hydrogens is 199 g/mol. The molecule has 0 aromatic rings. The molecule has 1 N–H and O–H groups in total. The van der Waals surface area contributed by atoms with Gasteiger partial charge in [-0.1, -0.05) is 0 Å². The quantitative estimate of drug-likeness (QED) is 0.671. The van der Waals surface area contributed by atoms with Crippen LogP contribution in [0.5, 0.6) is 0 Å². The molecule has 4 nitrogen and oxygen atoms in total. The van der Waals surface area contributed by atoms with Crippen LogP contribution in [0.25, 0.3) is 0 Å². The number of halogens is 3. The molecular formula is C7H8F3N3O. The highest BCUT2D eigenvalue weighted by Crippen LogP contribution is 2.20. The standard InChI is InChI=1S/C7H8F3N3O/c8-7(9,10)6(14)5-13(3-1-11)4-2-12/h6,14H,3-5H2. The summed E-state index contributed by atoms with van der Waals surface area (Å²) in [5.41, 5.74) is 0. The minimum atomic E-state index is -4.72. The molecule has 0 spiro atoms. The predicted octanol–water partition coefficient (Wildman–Crippen LogP) is 0.259. The number of nitriles is 2. The van der Waals surface area contributed by atoms with Crippen molar-refractivity contribution in [3.63, 3.8) is 0 Å². The highest BCUT2D eigenvalue weighted by Gasteiger charge is 2.38. The number of alkyl halides is 3. The molecule has 0 aromatic heterocycles. The van der Waals surface area contributed by atoms with E-state index in [1.165, 1.54) is 0 Å². The first-order valence-electron chi connectivity index (χ1n) is 3.63. The smallest absolute Gasteiger partial charge is 0.382 e. The summed E-state index contributed by atoms with van der Waals surface area (Å²) in [6.07, 6.45) is -7.24. The Kier molecular flexibility index (Phi) is 4.92. The van der Waals surface area contributed by atoms with Crippen molar-refractivity contribution in [1.82, 2.24) is 4.90 Å². The Morgan fingerprint density at radius 2 is 1.64 bits per heavy atom. The summed E-state index contributed by atoms with van der Waals surface area (Å²) in [6.45, 7) is -1.40. The summed E-state index contributed by atoms with van der Waals surface area (Å²) in [7, 11) is 0. The summed E-state index contributed by atoms with van der Waals surface area (Å²) in [4.78, 5) is 0.915. The Morgan fingerprint density at radius 3 is 1.93 bits per heavy atom. The molecule has 0 amide bonds. The fraction of sp³-hybridized carbons (Fsp3) is 0.714. The minimum Gasteiger partial charge on any atom is -0.382 e. The molecule has 0 rings (SSSR count). The number of hydrogen-bond donors (Lipinski definition) is 1. The van der Waals surface area contributed by atoms with E-state index in [4.69, 9.17) is 15.6 Å². The van der Waals surface area contributed by atoms with E-state index in [1.54, 1.807) is 12.1 Å². The Morgan fingerprint density at radius 1 is 1.21 bits per heavy atom. The third-order valence-corrected chi connectivity index (χ3v) is 1.40. The van der Waals surface area contributed by atoms with Crippen LogP contribution in [0.3, 0.4) is 0 Å². The SMILES string of the molecule is N#CCN(CC#N)CC(O)C(F)(F)F. The van der Waals surface area contributed by atoms with E-state index in [2.05, 4.69) is 0 Å². The lowest BCUT2D eigenvalue weighted by Gasteiger charge is -2.21. The van der Waals surface area contributed by atoms with Gasteiger partial charge in [0.25, 0.3) is 0 Å². The third kappa shape index (κ3) is 4.65. The van der Waals surface area contributed by atoms with Gasteiger partial charge in [0.05, 0.1) is 25.2 Å². The van der Waals surface area contributed by atoms with Crippen molar-refractivity contribution in [1.29, 1.82) is 10.5 Å². The van der Waals surface area contributed by atoms with Gasteiger partial charge in [-0.25, -0.2) is 0 Å². The Balaban J connectivity index is 4.18. The van der Waals surface area contributed by atoms with Crippen LogP contribution in [0.2, 0.25) is 0 Å². The van der Waals surface area contributed by atoms with Crippen LogP contribution < -0.4 is 0 Å². The zero-order chi connectivity index (χ0) is 11.2. The number of nitrogens with zero attached hydrogens (tertiary/aromatic N) is 3. The van der Waals surface area contributed by atoms with Gasteiger partial charge in [0.1, 0.15) is 0 Å². The topological polar surface area (TPSA) is 71.0 Å². The highest BCUT2D eigenvalue weighted by atomic mass is 19.4. The lowest BCUT2D eigenvalue weighted by Crippen LogP contribution is -2.41. The van der Waals surface area contributed by atoms with Crippen molar-refractivity contribution in [3.8, 4) is 12.1 Å². The Bertz CT molecular complexity index is 236. The van der Waals surface area contributed by atoms with Crippen LogP contribution in [0.1, 0.15) is 0 Å². The number of rotatable bonds is 4. The van der Waals surface area contributed by atoms with Crippen LogP contribution in [-0.2, 0) is 0 Å². The molecule has 1 atom stereocenters. The molecule has 0 aromatic carbocycles. The van der Waals surface area contributed by atoms with Crippen molar-refractivity contribution < 1.29 is 18.3 Å². The molecule has 0 radical (unpaired) electrons. The van der Waals surface area contributed by atoms with Gasteiger partial charge in [0, 0.05) is 6.54 Å². The van der Waals surface area contributed by atoms with Crippen molar-refractivity contribution in [2.75, 3.05) is 19.6 Å². The molecule has 7 heteroatoms. The number of hydrogen-bond acceptors (Lipinski definition) is 4. The summed E-state index contributed by atoms with van der Waals surface area (Å²) >= 11 is 0. The molecule has 0 aliphatic heterocycles. The molecule has 0 saturated heterocycles. The Hall–Kier alpha value is -1.31. The van der Waals surface area contributed by atoms with Crippen molar-refractivity contribution >= 4 is 0 Å². The van der Waals surface area contributed by atoms with E-state index >= 15 is 0 Å². The molecule has 0 aliphatic carbocycles. The molecule has 0 bridgehead atoms. The molecule has 1 unspecified atom stereocenters. The zero-order valence-electron chi connectivity index (χ0n) is 7.12. The number of aliphatic hydroxyl groups excluding tert-OH is 1. The largest absolute Gasteiger partial charge is 0.415 e. The van der Waals surface area contributed by atoms with Crippen LogP contribution in [0, 0.1) is 22.7 Å². The molecule has 0 heterocycles. The zero-order valence-corrected chi connectivity index (χ0v) is 7.12. The normalized spacial score (nSPS) is 13.4. The predicted molar refractivity (Wildman–Crippen MR) is 39.7 cm³/mol. The van der Waals surface area contributed by atoms with Crippen molar-refractivity contribution in [3.05, 3.63) is 0 Å². The molecule has 14 heavy (non-hydrogen) atoms. The van der Waals surface area contributed by atoms with E-state index in [-0.39, 0.29) is 13.1 Å². The van der Waals surface area contributed by atoms with Crippen LogP contribution in [0.4, 0.5) is 13.2 Å². The van der Waals surface area contributed by atoms with Gasteiger partial charge in [-0.15, -0.1) is 0 Å². The average Bonchev–Trinajstić information content (AvgIpc) is 2.03. The van der Waals surface area contributed by atoms with E-state index < -0.39 is 18.8 Å². The molecule has 0 fully saturated rings. The first kappa shape index (κ1) is 12.7. The van der Waals surface area contributed by atoms with Crippen LogP contribution in [0.15, 0.2) is 0 Å². The highest BCUT2D eigenvalue weighted by molar-refractivity contribution is 4.85. The second-order valence-corrected chi connectivity index (χ2v) is 2.54. The monoisotopic (exact) mass is 207 g/mol. The minimum absolute atomic E-state index is 0.319. The summed E-state index contributed by atoms with van der Waals surface area (Å²) in [5, 5.41) is 25.1. The molecule has 0 aliphatic rings. The van der Waals surface area contributed by atoms with Gasteiger partial charge in [-0.05, 0) is 0 Å². The fourth-order valence-corrected chi connectivity index (χ4v) is 0.733. The first-order chi connectivity index (χ1) is 6.41. The molecule has 78 valence electrons. The summed E-state index contributed by atoms with van der Waals surface area (Å²) in [5.74, 6) is 0. The van der Waals surface area contributed by atoms with Gasteiger partial charge >= 0.3 is 6.18 Å². The Labute approximate surface area is 78.8 Å². The van der Waals surface area contributed by atoms with Crippen molar-refractivity contribution in [2.24, 2.45) is 0 Å². The fourth-order valence-electron chi connectivity index (χ4n) is 0.733.